The van der Waals surface area contributed by atoms with Gasteiger partial charge in [0, 0.05) is 26.2 Å². The highest BCUT2D eigenvalue weighted by atomic mass is 127. The minimum absolute atomic E-state index is 0. The molecule has 1 saturated heterocycles. The van der Waals surface area contributed by atoms with Crippen LogP contribution >= 0.6 is 24.0 Å². The topological polar surface area (TPSA) is 48.9 Å². The van der Waals surface area contributed by atoms with E-state index in [1.54, 1.807) is 26.2 Å². The summed E-state index contributed by atoms with van der Waals surface area (Å²) >= 11 is 0. The van der Waals surface area contributed by atoms with Gasteiger partial charge in [-0.1, -0.05) is 24.3 Å². The minimum atomic E-state index is -0.182. The van der Waals surface area contributed by atoms with Crippen molar-refractivity contribution >= 4 is 35.6 Å². The molecule has 0 spiro atoms. The molecule has 164 valence electrons. The second-order valence-electron chi connectivity index (χ2n) is 7.43. The molecular weight excluding hydrogens is 494 g/mol. The predicted molar refractivity (Wildman–Crippen MR) is 133 cm³/mol. The number of anilines is 1. The molecule has 2 aromatic carbocycles. The zero-order chi connectivity index (χ0) is 20.6. The lowest BCUT2D eigenvalue weighted by molar-refractivity contribution is 0.414. The van der Waals surface area contributed by atoms with Crippen molar-refractivity contribution in [2.75, 3.05) is 38.2 Å². The molecule has 3 rings (SSSR count). The summed E-state index contributed by atoms with van der Waals surface area (Å²) in [6, 6.07) is 13.4. The zero-order valence-electron chi connectivity index (χ0n) is 18.0. The molecule has 1 fully saturated rings. The van der Waals surface area contributed by atoms with Gasteiger partial charge in [0.25, 0.3) is 0 Å². The standard InChI is InChI=1S/C23H31FN4O.HI/c1-4-25-23(26-14-18-10-9-17(2)20(24)13-18)27-15-19-11-12-28(16-19)21-7-5-6-8-22(21)29-3;/h5-10,13,19H,4,11-12,14-16H2,1-3H3,(H2,25,26,27);1H. The molecule has 2 N–H and O–H groups in total. The largest absolute Gasteiger partial charge is 0.495 e. The Morgan fingerprint density at radius 2 is 2.03 bits per heavy atom. The van der Waals surface area contributed by atoms with E-state index in [1.165, 1.54) is 0 Å². The van der Waals surface area contributed by atoms with E-state index in [2.05, 4.69) is 26.6 Å². The number of methoxy groups -OCH3 is 1. The molecule has 0 amide bonds. The van der Waals surface area contributed by atoms with Gasteiger partial charge in [0.15, 0.2) is 5.96 Å². The Morgan fingerprint density at radius 1 is 1.23 bits per heavy atom. The number of halogens is 2. The molecule has 0 saturated carbocycles. The lowest BCUT2D eigenvalue weighted by Gasteiger charge is -2.21. The van der Waals surface area contributed by atoms with Gasteiger partial charge in [-0.25, -0.2) is 9.38 Å². The summed E-state index contributed by atoms with van der Waals surface area (Å²) in [5.41, 5.74) is 2.68. The second kappa shape index (κ2) is 12.0. The van der Waals surface area contributed by atoms with Crippen molar-refractivity contribution < 1.29 is 9.13 Å². The summed E-state index contributed by atoms with van der Waals surface area (Å²) in [4.78, 5) is 6.99. The number of hydrogen-bond donors (Lipinski definition) is 2. The number of ether oxygens (including phenoxy) is 1. The molecule has 5 nitrogen and oxygen atoms in total. The van der Waals surface area contributed by atoms with Crippen molar-refractivity contribution in [2.45, 2.75) is 26.8 Å². The average molecular weight is 526 g/mol. The van der Waals surface area contributed by atoms with Crippen LogP contribution in [0.25, 0.3) is 0 Å². The van der Waals surface area contributed by atoms with Crippen LogP contribution in [0.4, 0.5) is 10.1 Å². The van der Waals surface area contributed by atoms with Gasteiger partial charge < -0.3 is 20.3 Å². The third-order valence-electron chi connectivity index (χ3n) is 5.27. The minimum Gasteiger partial charge on any atom is -0.495 e. The Labute approximate surface area is 196 Å². The molecule has 0 aromatic heterocycles. The van der Waals surface area contributed by atoms with Crippen LogP contribution in [0.2, 0.25) is 0 Å². The van der Waals surface area contributed by atoms with Crippen LogP contribution in [0.3, 0.4) is 0 Å². The van der Waals surface area contributed by atoms with Crippen molar-refractivity contribution in [3.63, 3.8) is 0 Å². The quantitative estimate of drug-likeness (QED) is 0.320. The molecule has 1 heterocycles. The van der Waals surface area contributed by atoms with E-state index >= 15 is 0 Å². The van der Waals surface area contributed by atoms with E-state index in [1.807, 2.05) is 31.2 Å². The van der Waals surface area contributed by atoms with Gasteiger partial charge >= 0.3 is 0 Å². The van der Waals surface area contributed by atoms with Crippen LogP contribution < -0.4 is 20.3 Å². The van der Waals surface area contributed by atoms with Crippen molar-refractivity contribution in [1.29, 1.82) is 0 Å². The molecule has 7 heteroatoms. The van der Waals surface area contributed by atoms with Gasteiger partial charge in [-0.2, -0.15) is 0 Å². The van der Waals surface area contributed by atoms with Gasteiger partial charge in [0.1, 0.15) is 11.6 Å². The summed E-state index contributed by atoms with van der Waals surface area (Å²) in [7, 11) is 1.72. The van der Waals surface area contributed by atoms with Crippen molar-refractivity contribution in [2.24, 2.45) is 10.9 Å². The Morgan fingerprint density at radius 3 is 2.77 bits per heavy atom. The number of rotatable bonds is 7. The fraction of sp³-hybridized carbons (Fsp3) is 0.435. The maximum absolute atomic E-state index is 13.7. The van der Waals surface area contributed by atoms with Gasteiger partial charge in [-0.05, 0) is 55.5 Å². The summed E-state index contributed by atoms with van der Waals surface area (Å²) in [5, 5.41) is 6.72. The fourth-order valence-electron chi connectivity index (χ4n) is 3.60. The Balaban J connectivity index is 0.00000320. The van der Waals surface area contributed by atoms with E-state index < -0.39 is 0 Å². The SMILES string of the molecule is CCNC(=NCc1ccc(C)c(F)c1)NCC1CCN(c2ccccc2OC)C1.I. The highest BCUT2D eigenvalue weighted by Gasteiger charge is 2.24. The second-order valence-corrected chi connectivity index (χ2v) is 7.43. The van der Waals surface area contributed by atoms with E-state index in [0.29, 0.717) is 18.0 Å². The summed E-state index contributed by atoms with van der Waals surface area (Å²) in [6.45, 7) is 7.89. The van der Waals surface area contributed by atoms with Crippen LogP contribution in [0.5, 0.6) is 5.75 Å². The average Bonchev–Trinajstić information content (AvgIpc) is 3.21. The van der Waals surface area contributed by atoms with Crippen LogP contribution in [-0.2, 0) is 6.54 Å². The lowest BCUT2D eigenvalue weighted by Crippen LogP contribution is -2.40. The highest BCUT2D eigenvalue weighted by molar-refractivity contribution is 14.0. The monoisotopic (exact) mass is 526 g/mol. The number of hydrogen-bond acceptors (Lipinski definition) is 3. The van der Waals surface area contributed by atoms with Crippen molar-refractivity contribution in [1.82, 2.24) is 10.6 Å². The Kier molecular flexibility index (Phi) is 9.68. The van der Waals surface area contributed by atoms with E-state index in [9.17, 15) is 4.39 Å². The Bertz CT molecular complexity index is 846. The highest BCUT2D eigenvalue weighted by Crippen LogP contribution is 2.31. The van der Waals surface area contributed by atoms with Crippen LogP contribution in [0.1, 0.15) is 24.5 Å². The molecule has 1 atom stereocenters. The number of nitrogens with one attached hydrogen (secondary N) is 2. The summed E-state index contributed by atoms with van der Waals surface area (Å²) in [6.07, 6.45) is 1.12. The maximum atomic E-state index is 13.7. The molecule has 0 bridgehead atoms. The smallest absolute Gasteiger partial charge is 0.191 e. The van der Waals surface area contributed by atoms with Crippen LogP contribution in [-0.4, -0.2) is 39.2 Å². The van der Waals surface area contributed by atoms with Gasteiger partial charge in [0.05, 0.1) is 19.3 Å². The molecular formula is C23H32FIN4O. The van der Waals surface area contributed by atoms with E-state index in [4.69, 9.17) is 4.74 Å². The molecule has 30 heavy (non-hydrogen) atoms. The van der Waals surface area contributed by atoms with Gasteiger partial charge in [-0.15, -0.1) is 24.0 Å². The predicted octanol–water partition coefficient (Wildman–Crippen LogP) is 4.34. The third kappa shape index (κ3) is 6.48. The summed E-state index contributed by atoms with van der Waals surface area (Å²) < 4.78 is 19.2. The van der Waals surface area contributed by atoms with E-state index in [-0.39, 0.29) is 29.8 Å². The number of para-hydroxylation sites is 2. The lowest BCUT2D eigenvalue weighted by atomic mass is 10.1. The first kappa shape index (κ1) is 24.2. The Hall–Kier alpha value is -2.03. The maximum Gasteiger partial charge on any atom is 0.191 e. The number of nitrogens with zero attached hydrogens (tertiary/aromatic N) is 2. The number of guanidine groups is 1. The normalized spacial score (nSPS) is 16.2. The molecule has 0 aliphatic carbocycles. The van der Waals surface area contributed by atoms with Crippen molar-refractivity contribution in [3.05, 3.63) is 59.4 Å². The van der Waals surface area contributed by atoms with Crippen LogP contribution in [0.15, 0.2) is 47.5 Å². The van der Waals surface area contributed by atoms with Gasteiger partial charge in [-0.3, -0.25) is 0 Å². The fourth-order valence-corrected chi connectivity index (χ4v) is 3.60. The first-order valence-electron chi connectivity index (χ1n) is 10.3. The number of aliphatic imine (C=N–C) groups is 1. The number of aryl methyl sites for hydroxylation is 1. The van der Waals surface area contributed by atoms with Gasteiger partial charge in [0.2, 0.25) is 0 Å². The zero-order valence-corrected chi connectivity index (χ0v) is 20.3. The molecule has 1 aliphatic rings. The molecule has 1 unspecified atom stereocenters. The first-order chi connectivity index (χ1) is 14.1. The third-order valence-corrected chi connectivity index (χ3v) is 5.27. The first-order valence-corrected chi connectivity index (χ1v) is 10.3. The van der Waals surface area contributed by atoms with Crippen molar-refractivity contribution in [3.8, 4) is 5.75 Å². The van der Waals surface area contributed by atoms with E-state index in [0.717, 1.165) is 55.6 Å². The molecule has 0 radical (unpaired) electrons. The number of benzene rings is 2. The molecule has 2 aromatic rings. The van der Waals surface area contributed by atoms with Crippen LogP contribution in [0, 0.1) is 18.7 Å². The summed E-state index contributed by atoms with van der Waals surface area (Å²) in [5.74, 6) is 2.03. The molecule has 1 aliphatic heterocycles.